The summed E-state index contributed by atoms with van der Waals surface area (Å²) in [5, 5.41) is 2.49. The zero-order valence-electron chi connectivity index (χ0n) is 16.0. The van der Waals surface area contributed by atoms with E-state index in [1.54, 1.807) is 4.90 Å². The van der Waals surface area contributed by atoms with Crippen molar-refractivity contribution in [1.82, 2.24) is 10.2 Å². The molecule has 1 heterocycles. The van der Waals surface area contributed by atoms with Crippen molar-refractivity contribution in [3.8, 4) is 0 Å². The summed E-state index contributed by atoms with van der Waals surface area (Å²) >= 11 is 0. The summed E-state index contributed by atoms with van der Waals surface area (Å²) in [5.74, 6) is -1.47. The highest BCUT2D eigenvalue weighted by molar-refractivity contribution is 6.37. The maximum absolute atomic E-state index is 12.3. The third kappa shape index (κ3) is 5.07. The average Bonchev–Trinajstić information content (AvgIpc) is 2.66. The van der Waals surface area contributed by atoms with E-state index in [1.807, 2.05) is 19.9 Å². The summed E-state index contributed by atoms with van der Waals surface area (Å²) in [6.07, 6.45) is 1.27. The Balaban J connectivity index is 1.79. The second-order valence-corrected chi connectivity index (χ2v) is 6.77. The van der Waals surface area contributed by atoms with Crippen LogP contribution in [0, 0.1) is 12.8 Å². The summed E-state index contributed by atoms with van der Waals surface area (Å²) in [6.45, 7) is 8.47. The van der Waals surface area contributed by atoms with Gasteiger partial charge >= 0.3 is 0 Å². The fourth-order valence-corrected chi connectivity index (χ4v) is 3.24. The predicted molar refractivity (Wildman–Crippen MR) is 102 cm³/mol. The van der Waals surface area contributed by atoms with Gasteiger partial charge in [-0.3, -0.25) is 14.4 Å². The van der Waals surface area contributed by atoms with Crippen molar-refractivity contribution in [3.05, 3.63) is 29.8 Å². The Bertz CT molecular complexity index is 647. The SMILES string of the molecule is CCC(CC)C(=O)C(=O)NCC(=O)N1CCN(c2cccc(C)c2)CC1. The van der Waals surface area contributed by atoms with E-state index in [2.05, 4.69) is 35.3 Å². The van der Waals surface area contributed by atoms with E-state index in [0.29, 0.717) is 25.9 Å². The van der Waals surface area contributed by atoms with Crippen molar-refractivity contribution in [3.63, 3.8) is 0 Å². The van der Waals surface area contributed by atoms with E-state index in [4.69, 9.17) is 0 Å². The molecule has 6 heteroatoms. The third-order valence-corrected chi connectivity index (χ3v) is 4.98. The van der Waals surface area contributed by atoms with E-state index in [-0.39, 0.29) is 18.4 Å². The Morgan fingerprint density at radius 1 is 1.08 bits per heavy atom. The molecule has 0 aliphatic carbocycles. The molecule has 142 valence electrons. The molecule has 0 saturated carbocycles. The van der Waals surface area contributed by atoms with Crippen molar-refractivity contribution in [2.45, 2.75) is 33.6 Å². The molecule has 2 amide bonds. The number of carbonyl (C=O) groups is 3. The van der Waals surface area contributed by atoms with Crippen molar-refractivity contribution in [1.29, 1.82) is 0 Å². The number of piperazine rings is 1. The molecule has 26 heavy (non-hydrogen) atoms. The number of hydrogen-bond donors (Lipinski definition) is 1. The molecular formula is C20H29N3O3. The van der Waals surface area contributed by atoms with Crippen LogP contribution in [-0.2, 0) is 14.4 Å². The third-order valence-electron chi connectivity index (χ3n) is 4.98. The predicted octanol–water partition coefficient (Wildman–Crippen LogP) is 1.77. The van der Waals surface area contributed by atoms with Crippen LogP contribution < -0.4 is 10.2 Å². The maximum atomic E-state index is 12.3. The van der Waals surface area contributed by atoms with Crippen LogP contribution in [0.5, 0.6) is 0 Å². The van der Waals surface area contributed by atoms with Gasteiger partial charge in [0.15, 0.2) is 0 Å². The number of benzene rings is 1. The van der Waals surface area contributed by atoms with Crippen molar-refractivity contribution >= 4 is 23.3 Å². The van der Waals surface area contributed by atoms with Gasteiger partial charge in [0, 0.05) is 37.8 Å². The monoisotopic (exact) mass is 359 g/mol. The van der Waals surface area contributed by atoms with E-state index in [0.717, 1.165) is 13.1 Å². The van der Waals surface area contributed by atoms with E-state index in [9.17, 15) is 14.4 Å². The molecule has 6 nitrogen and oxygen atoms in total. The maximum Gasteiger partial charge on any atom is 0.288 e. The van der Waals surface area contributed by atoms with Gasteiger partial charge in [0.25, 0.3) is 5.91 Å². The van der Waals surface area contributed by atoms with Gasteiger partial charge in [-0.25, -0.2) is 0 Å². The van der Waals surface area contributed by atoms with Gasteiger partial charge < -0.3 is 15.1 Å². The zero-order chi connectivity index (χ0) is 19.1. The fraction of sp³-hybridized carbons (Fsp3) is 0.550. The molecule has 0 unspecified atom stereocenters. The quantitative estimate of drug-likeness (QED) is 0.753. The van der Waals surface area contributed by atoms with Crippen LogP contribution >= 0.6 is 0 Å². The number of carbonyl (C=O) groups excluding carboxylic acids is 3. The summed E-state index contributed by atoms with van der Waals surface area (Å²) in [6, 6.07) is 8.32. The van der Waals surface area contributed by atoms with Gasteiger partial charge in [0.05, 0.1) is 6.54 Å². The highest BCUT2D eigenvalue weighted by atomic mass is 16.2. The Morgan fingerprint density at radius 2 is 1.73 bits per heavy atom. The first-order chi connectivity index (χ1) is 12.5. The second-order valence-electron chi connectivity index (χ2n) is 6.77. The van der Waals surface area contributed by atoms with Gasteiger partial charge in [0.2, 0.25) is 11.7 Å². The molecule has 0 radical (unpaired) electrons. The van der Waals surface area contributed by atoms with Crippen LogP contribution in [0.25, 0.3) is 0 Å². The van der Waals surface area contributed by atoms with Gasteiger partial charge in [-0.15, -0.1) is 0 Å². The van der Waals surface area contributed by atoms with Gasteiger partial charge in [0.1, 0.15) is 0 Å². The Kier molecular flexibility index (Phi) is 7.18. The van der Waals surface area contributed by atoms with Gasteiger partial charge in [-0.05, 0) is 37.5 Å². The zero-order valence-corrected chi connectivity index (χ0v) is 16.0. The number of anilines is 1. The highest BCUT2D eigenvalue weighted by Gasteiger charge is 2.25. The molecule has 1 aliphatic heterocycles. The number of nitrogens with zero attached hydrogens (tertiary/aromatic N) is 2. The molecule has 1 aromatic rings. The molecule has 2 rings (SSSR count). The lowest BCUT2D eigenvalue weighted by Crippen LogP contribution is -2.51. The van der Waals surface area contributed by atoms with Crippen molar-refractivity contribution in [2.24, 2.45) is 5.92 Å². The van der Waals surface area contributed by atoms with Gasteiger partial charge in [-0.1, -0.05) is 26.0 Å². The topological polar surface area (TPSA) is 69.7 Å². The molecule has 1 aromatic carbocycles. The first kappa shape index (κ1) is 19.9. The number of rotatable bonds is 7. The smallest absolute Gasteiger partial charge is 0.288 e. The van der Waals surface area contributed by atoms with Crippen LogP contribution in [-0.4, -0.2) is 55.2 Å². The lowest BCUT2D eigenvalue weighted by atomic mass is 9.98. The molecule has 1 fully saturated rings. The van der Waals surface area contributed by atoms with E-state index >= 15 is 0 Å². The summed E-state index contributed by atoms with van der Waals surface area (Å²) in [4.78, 5) is 40.2. The van der Waals surface area contributed by atoms with Crippen LogP contribution in [0.15, 0.2) is 24.3 Å². The van der Waals surface area contributed by atoms with Crippen LogP contribution in [0.2, 0.25) is 0 Å². The lowest BCUT2D eigenvalue weighted by molar-refractivity contribution is -0.141. The molecule has 1 N–H and O–H groups in total. The standard InChI is InChI=1S/C20H29N3O3/c1-4-16(5-2)19(25)20(26)21-14-18(24)23-11-9-22(10-12-23)17-8-6-7-15(3)13-17/h6-8,13,16H,4-5,9-12,14H2,1-3H3,(H,21,26). The largest absolute Gasteiger partial charge is 0.368 e. The molecule has 0 spiro atoms. The fourth-order valence-electron chi connectivity index (χ4n) is 3.24. The molecule has 0 atom stereocenters. The number of ketones is 1. The minimum atomic E-state index is -0.648. The number of hydrogen-bond acceptors (Lipinski definition) is 4. The lowest BCUT2D eigenvalue weighted by Gasteiger charge is -2.36. The minimum Gasteiger partial charge on any atom is -0.368 e. The van der Waals surface area contributed by atoms with Crippen LogP contribution in [0.3, 0.4) is 0 Å². The summed E-state index contributed by atoms with van der Waals surface area (Å²) < 4.78 is 0. The molecule has 1 aliphatic rings. The highest BCUT2D eigenvalue weighted by Crippen LogP contribution is 2.17. The molecule has 0 bridgehead atoms. The molecule has 1 saturated heterocycles. The summed E-state index contributed by atoms with van der Waals surface area (Å²) in [5.41, 5.74) is 2.38. The van der Waals surface area contributed by atoms with Crippen molar-refractivity contribution < 1.29 is 14.4 Å². The van der Waals surface area contributed by atoms with Crippen LogP contribution in [0.1, 0.15) is 32.3 Å². The Morgan fingerprint density at radius 3 is 2.31 bits per heavy atom. The van der Waals surface area contributed by atoms with Gasteiger partial charge in [-0.2, -0.15) is 0 Å². The number of aryl methyl sites for hydroxylation is 1. The molecular weight excluding hydrogens is 330 g/mol. The first-order valence-corrected chi connectivity index (χ1v) is 9.37. The second kappa shape index (κ2) is 9.36. The summed E-state index contributed by atoms with van der Waals surface area (Å²) in [7, 11) is 0. The number of amides is 2. The Labute approximate surface area is 155 Å². The first-order valence-electron chi connectivity index (χ1n) is 9.37. The van der Waals surface area contributed by atoms with Crippen molar-refractivity contribution in [2.75, 3.05) is 37.6 Å². The number of nitrogens with one attached hydrogen (secondary N) is 1. The number of Topliss-reactive ketones (excluding diaryl/α,β-unsaturated/α-hetero) is 1. The minimum absolute atomic E-state index is 0.116. The normalized spacial score (nSPS) is 14.5. The molecule has 0 aromatic heterocycles. The average molecular weight is 359 g/mol. The Hall–Kier alpha value is -2.37. The van der Waals surface area contributed by atoms with E-state index in [1.165, 1.54) is 11.3 Å². The van der Waals surface area contributed by atoms with E-state index < -0.39 is 11.7 Å². The van der Waals surface area contributed by atoms with Crippen LogP contribution in [0.4, 0.5) is 5.69 Å².